The molecule has 2 atom stereocenters. The molecule has 1 heterocycles. The van der Waals surface area contributed by atoms with Crippen LogP contribution in [0.2, 0.25) is 0 Å². The van der Waals surface area contributed by atoms with E-state index in [1.807, 2.05) is 51.1 Å². The molecule has 1 fully saturated rings. The molecule has 0 unspecified atom stereocenters. The van der Waals surface area contributed by atoms with Gasteiger partial charge in [0.1, 0.15) is 12.2 Å². The molecule has 138 valence electrons. The third-order valence-corrected chi connectivity index (χ3v) is 4.40. The van der Waals surface area contributed by atoms with E-state index in [1.54, 1.807) is 4.90 Å². The average molecular weight is 347 g/mol. The van der Waals surface area contributed by atoms with Crippen LogP contribution in [-0.4, -0.2) is 35.7 Å². The fraction of sp³-hybridized carbons (Fsp3) is 0.600. The van der Waals surface area contributed by atoms with Crippen molar-refractivity contribution in [3.05, 3.63) is 35.9 Å². The second-order valence-electron chi connectivity index (χ2n) is 7.80. The van der Waals surface area contributed by atoms with Crippen molar-refractivity contribution in [1.29, 1.82) is 0 Å². The smallest absolute Gasteiger partial charge is 0.410 e. The first-order chi connectivity index (χ1) is 11.7. The van der Waals surface area contributed by atoms with Gasteiger partial charge in [-0.05, 0) is 44.6 Å². The standard InChI is InChI=1S/C20H29NO4/c1-15-13-21(19(23)24-14-16-8-6-5-7-9-16)11-10-17(15)12-18(22)25-20(2,3)4/h5-9,15,17H,10-14H2,1-4H3/t15-,17+/m1/s1. The summed E-state index contributed by atoms with van der Waals surface area (Å²) in [5, 5.41) is 0. The molecule has 1 saturated heterocycles. The Bertz CT molecular complexity index is 579. The predicted octanol–water partition coefficient (Wildman–Crippen LogP) is 4.01. The van der Waals surface area contributed by atoms with E-state index in [1.165, 1.54) is 0 Å². The molecule has 0 bridgehead atoms. The fourth-order valence-electron chi connectivity index (χ4n) is 3.07. The summed E-state index contributed by atoms with van der Waals surface area (Å²) >= 11 is 0. The van der Waals surface area contributed by atoms with Gasteiger partial charge in [0.15, 0.2) is 0 Å². The summed E-state index contributed by atoms with van der Waals surface area (Å²) in [6, 6.07) is 9.65. The third kappa shape index (κ3) is 6.40. The van der Waals surface area contributed by atoms with Crippen LogP contribution in [0.25, 0.3) is 0 Å². The highest BCUT2D eigenvalue weighted by molar-refractivity contribution is 5.70. The minimum atomic E-state index is -0.456. The van der Waals surface area contributed by atoms with Gasteiger partial charge in [-0.2, -0.15) is 0 Å². The van der Waals surface area contributed by atoms with Crippen LogP contribution in [0.4, 0.5) is 4.79 Å². The predicted molar refractivity (Wildman–Crippen MR) is 95.9 cm³/mol. The van der Waals surface area contributed by atoms with Gasteiger partial charge >= 0.3 is 12.1 Å². The van der Waals surface area contributed by atoms with Crippen molar-refractivity contribution >= 4 is 12.1 Å². The van der Waals surface area contributed by atoms with Gasteiger partial charge in [0.05, 0.1) is 0 Å². The minimum absolute atomic E-state index is 0.163. The molecular weight excluding hydrogens is 318 g/mol. The highest BCUT2D eigenvalue weighted by Crippen LogP contribution is 2.27. The molecule has 1 aliphatic rings. The van der Waals surface area contributed by atoms with Crippen LogP contribution in [-0.2, 0) is 20.9 Å². The number of amides is 1. The molecule has 1 aromatic rings. The number of ether oxygens (including phenoxy) is 2. The Labute approximate surface area is 150 Å². The number of benzene rings is 1. The molecule has 0 spiro atoms. The Morgan fingerprint density at radius 3 is 2.48 bits per heavy atom. The van der Waals surface area contributed by atoms with Crippen LogP contribution >= 0.6 is 0 Å². The minimum Gasteiger partial charge on any atom is -0.460 e. The highest BCUT2D eigenvalue weighted by Gasteiger charge is 2.32. The van der Waals surface area contributed by atoms with Crippen LogP contribution in [0.3, 0.4) is 0 Å². The van der Waals surface area contributed by atoms with Gasteiger partial charge in [-0.15, -0.1) is 0 Å². The van der Waals surface area contributed by atoms with Gasteiger partial charge in [0.2, 0.25) is 0 Å². The second kappa shape index (κ2) is 8.37. The van der Waals surface area contributed by atoms with Gasteiger partial charge in [-0.25, -0.2) is 4.79 Å². The molecule has 0 radical (unpaired) electrons. The van der Waals surface area contributed by atoms with Gasteiger partial charge in [0, 0.05) is 19.5 Å². The number of hydrogen-bond donors (Lipinski definition) is 0. The first-order valence-electron chi connectivity index (χ1n) is 8.92. The maximum Gasteiger partial charge on any atom is 0.410 e. The van der Waals surface area contributed by atoms with Gasteiger partial charge in [-0.3, -0.25) is 4.79 Å². The Morgan fingerprint density at radius 1 is 1.20 bits per heavy atom. The summed E-state index contributed by atoms with van der Waals surface area (Å²) in [7, 11) is 0. The maximum absolute atomic E-state index is 12.2. The van der Waals surface area contributed by atoms with Gasteiger partial charge in [-0.1, -0.05) is 37.3 Å². The van der Waals surface area contributed by atoms with Crippen molar-refractivity contribution in [2.45, 2.75) is 52.7 Å². The third-order valence-electron chi connectivity index (χ3n) is 4.40. The lowest BCUT2D eigenvalue weighted by atomic mass is 9.84. The molecule has 1 aliphatic heterocycles. The number of hydrogen-bond acceptors (Lipinski definition) is 4. The molecule has 1 aromatic carbocycles. The molecular formula is C20H29NO4. The van der Waals surface area contributed by atoms with E-state index < -0.39 is 5.60 Å². The number of rotatable bonds is 4. The lowest BCUT2D eigenvalue weighted by molar-refractivity contribution is -0.156. The Morgan fingerprint density at radius 2 is 1.88 bits per heavy atom. The van der Waals surface area contributed by atoms with Crippen molar-refractivity contribution in [1.82, 2.24) is 4.90 Å². The van der Waals surface area contributed by atoms with Crippen LogP contribution < -0.4 is 0 Å². The molecule has 2 rings (SSSR count). The summed E-state index contributed by atoms with van der Waals surface area (Å²) in [6.07, 6.45) is 0.915. The number of nitrogens with zero attached hydrogens (tertiary/aromatic N) is 1. The van der Waals surface area contributed by atoms with Crippen LogP contribution in [0.5, 0.6) is 0 Å². The zero-order valence-electron chi connectivity index (χ0n) is 15.7. The van der Waals surface area contributed by atoms with Crippen LogP contribution in [0, 0.1) is 11.8 Å². The molecule has 0 aliphatic carbocycles. The lowest BCUT2D eigenvalue weighted by Gasteiger charge is -2.36. The zero-order valence-corrected chi connectivity index (χ0v) is 15.7. The van der Waals surface area contributed by atoms with Gasteiger partial charge in [0.25, 0.3) is 0 Å². The van der Waals surface area contributed by atoms with E-state index in [0.717, 1.165) is 12.0 Å². The van der Waals surface area contributed by atoms with Crippen molar-refractivity contribution in [2.75, 3.05) is 13.1 Å². The molecule has 5 heteroatoms. The second-order valence-corrected chi connectivity index (χ2v) is 7.80. The fourth-order valence-corrected chi connectivity index (χ4v) is 3.07. The quantitative estimate of drug-likeness (QED) is 0.772. The largest absolute Gasteiger partial charge is 0.460 e. The lowest BCUT2D eigenvalue weighted by Crippen LogP contribution is -2.43. The highest BCUT2D eigenvalue weighted by atomic mass is 16.6. The normalized spacial score (nSPS) is 20.9. The Hall–Kier alpha value is -2.04. The van der Waals surface area contributed by atoms with Crippen LogP contribution in [0.1, 0.15) is 46.1 Å². The molecule has 5 nitrogen and oxygen atoms in total. The SMILES string of the molecule is C[C@@H]1CN(C(=O)OCc2ccccc2)CC[C@H]1CC(=O)OC(C)(C)C. The number of likely N-dealkylation sites (tertiary alicyclic amines) is 1. The molecule has 0 aromatic heterocycles. The average Bonchev–Trinajstić information content (AvgIpc) is 2.53. The molecule has 25 heavy (non-hydrogen) atoms. The number of esters is 1. The topological polar surface area (TPSA) is 55.8 Å². The number of carbonyl (C=O) groups is 2. The van der Waals surface area contributed by atoms with Crippen LogP contribution in [0.15, 0.2) is 30.3 Å². The first-order valence-corrected chi connectivity index (χ1v) is 8.92. The van der Waals surface area contributed by atoms with Crippen molar-refractivity contribution in [2.24, 2.45) is 11.8 Å². The summed E-state index contributed by atoms with van der Waals surface area (Å²) < 4.78 is 10.8. The van der Waals surface area contributed by atoms with Crippen molar-refractivity contribution in [3.8, 4) is 0 Å². The van der Waals surface area contributed by atoms with E-state index in [4.69, 9.17) is 9.47 Å². The van der Waals surface area contributed by atoms with E-state index in [0.29, 0.717) is 19.5 Å². The number of piperidine rings is 1. The van der Waals surface area contributed by atoms with E-state index in [2.05, 4.69) is 6.92 Å². The van der Waals surface area contributed by atoms with E-state index in [-0.39, 0.29) is 30.5 Å². The first kappa shape index (κ1) is 19.3. The zero-order chi connectivity index (χ0) is 18.4. The summed E-state index contributed by atoms with van der Waals surface area (Å²) in [5.41, 5.74) is 0.520. The van der Waals surface area contributed by atoms with Crippen molar-refractivity contribution < 1.29 is 19.1 Å². The maximum atomic E-state index is 12.2. The van der Waals surface area contributed by atoms with E-state index >= 15 is 0 Å². The monoisotopic (exact) mass is 347 g/mol. The summed E-state index contributed by atoms with van der Waals surface area (Å²) in [4.78, 5) is 26.0. The summed E-state index contributed by atoms with van der Waals surface area (Å²) in [6.45, 7) is 9.21. The summed E-state index contributed by atoms with van der Waals surface area (Å²) in [5.74, 6) is 0.322. The molecule has 0 N–H and O–H groups in total. The number of carbonyl (C=O) groups excluding carboxylic acids is 2. The Balaban J connectivity index is 1.78. The molecule has 0 saturated carbocycles. The molecule has 1 amide bonds. The van der Waals surface area contributed by atoms with E-state index in [9.17, 15) is 9.59 Å². The van der Waals surface area contributed by atoms with Gasteiger partial charge < -0.3 is 14.4 Å². The van der Waals surface area contributed by atoms with Crippen molar-refractivity contribution in [3.63, 3.8) is 0 Å². The Kier molecular flexibility index (Phi) is 6.45.